The summed E-state index contributed by atoms with van der Waals surface area (Å²) in [5.74, 6) is 0.769. The largest absolute Gasteiger partial charge is 0.493 e. The highest BCUT2D eigenvalue weighted by Crippen LogP contribution is 2.37. The smallest absolute Gasteiger partial charge is 0.275 e. The highest BCUT2D eigenvalue weighted by atomic mass is 79.9. The van der Waals surface area contributed by atoms with E-state index in [9.17, 15) is 14.9 Å². The molecule has 0 bridgehead atoms. The molecule has 0 aromatic heterocycles. The molecule has 0 aliphatic carbocycles. The van der Waals surface area contributed by atoms with Gasteiger partial charge in [-0.2, -0.15) is 5.10 Å². The van der Waals surface area contributed by atoms with Gasteiger partial charge in [-0.15, -0.1) is 0 Å². The standard InChI is InChI=1S/C29H22BrCl2N3O6/c1-39-27-13-19(12-24(30)28(27)41-16-18-6-10-22(11-7-18)35(37)38)15-33-34-29(36)23-4-2-3-5-26(23)40-17-20-8-9-21(31)14-25(20)32/h2-15H,16-17H2,1H3,(H,34,36)/b33-15+. The van der Waals surface area contributed by atoms with Crippen molar-refractivity contribution in [2.75, 3.05) is 7.11 Å². The van der Waals surface area contributed by atoms with E-state index >= 15 is 0 Å². The Kier molecular flexibility index (Phi) is 10.2. The van der Waals surface area contributed by atoms with Crippen LogP contribution in [0.25, 0.3) is 0 Å². The van der Waals surface area contributed by atoms with Gasteiger partial charge in [0.2, 0.25) is 0 Å². The van der Waals surface area contributed by atoms with E-state index in [1.54, 1.807) is 66.7 Å². The second-order valence-corrected chi connectivity index (χ2v) is 10.2. The van der Waals surface area contributed by atoms with Crippen LogP contribution in [0.5, 0.6) is 17.2 Å². The monoisotopic (exact) mass is 657 g/mol. The van der Waals surface area contributed by atoms with Gasteiger partial charge in [0.1, 0.15) is 19.0 Å². The number of nitro groups is 1. The van der Waals surface area contributed by atoms with Crippen LogP contribution in [-0.4, -0.2) is 24.2 Å². The number of hydrogen-bond donors (Lipinski definition) is 1. The second kappa shape index (κ2) is 14.0. The number of amides is 1. The number of para-hydroxylation sites is 1. The molecule has 1 N–H and O–H groups in total. The first-order chi connectivity index (χ1) is 19.7. The maximum Gasteiger partial charge on any atom is 0.275 e. The Bertz CT molecular complexity index is 1600. The van der Waals surface area contributed by atoms with Crippen molar-refractivity contribution in [3.63, 3.8) is 0 Å². The number of ether oxygens (including phenoxy) is 3. The van der Waals surface area contributed by atoms with Gasteiger partial charge in [0.25, 0.3) is 11.6 Å². The Balaban J connectivity index is 1.40. The first-order valence-electron chi connectivity index (χ1n) is 12.0. The van der Waals surface area contributed by atoms with Gasteiger partial charge in [-0.25, -0.2) is 5.43 Å². The van der Waals surface area contributed by atoms with Crippen molar-refractivity contribution in [1.29, 1.82) is 0 Å². The minimum Gasteiger partial charge on any atom is -0.493 e. The van der Waals surface area contributed by atoms with E-state index in [1.165, 1.54) is 25.5 Å². The molecule has 0 atom stereocenters. The van der Waals surface area contributed by atoms with Gasteiger partial charge < -0.3 is 14.2 Å². The Morgan fingerprint density at radius 3 is 2.46 bits per heavy atom. The number of nitrogens with zero attached hydrogens (tertiary/aromatic N) is 2. The zero-order valence-corrected chi connectivity index (χ0v) is 24.6. The van der Waals surface area contributed by atoms with Gasteiger partial charge in [0.05, 0.1) is 28.3 Å². The van der Waals surface area contributed by atoms with E-state index in [-0.39, 0.29) is 18.9 Å². The molecule has 0 radical (unpaired) electrons. The lowest BCUT2D eigenvalue weighted by atomic mass is 10.2. The van der Waals surface area contributed by atoms with E-state index in [0.717, 1.165) is 11.1 Å². The van der Waals surface area contributed by atoms with Gasteiger partial charge in [-0.3, -0.25) is 14.9 Å². The molecule has 4 rings (SSSR count). The average molecular weight is 659 g/mol. The Morgan fingerprint density at radius 1 is 1.00 bits per heavy atom. The summed E-state index contributed by atoms with van der Waals surface area (Å²) in [6.45, 7) is 0.318. The fourth-order valence-electron chi connectivity index (χ4n) is 3.62. The third-order valence-corrected chi connectivity index (χ3v) is 6.87. The summed E-state index contributed by atoms with van der Waals surface area (Å²) in [5.41, 5.74) is 4.90. The van der Waals surface area contributed by atoms with Crippen LogP contribution in [0.1, 0.15) is 27.0 Å². The van der Waals surface area contributed by atoms with Crippen LogP contribution in [0.3, 0.4) is 0 Å². The first-order valence-corrected chi connectivity index (χ1v) is 13.5. The number of methoxy groups -OCH3 is 1. The molecule has 0 heterocycles. The second-order valence-electron chi connectivity index (χ2n) is 8.47. The van der Waals surface area contributed by atoms with E-state index in [2.05, 4.69) is 26.5 Å². The highest BCUT2D eigenvalue weighted by Gasteiger charge is 2.14. The Labute approximate surface area is 253 Å². The lowest BCUT2D eigenvalue weighted by Crippen LogP contribution is -2.18. The Morgan fingerprint density at radius 2 is 1.76 bits per heavy atom. The van der Waals surface area contributed by atoms with Gasteiger partial charge in [0.15, 0.2) is 11.5 Å². The summed E-state index contributed by atoms with van der Waals surface area (Å²) in [7, 11) is 1.50. The van der Waals surface area contributed by atoms with Crippen LogP contribution in [-0.2, 0) is 13.2 Å². The molecule has 0 saturated carbocycles. The van der Waals surface area contributed by atoms with Crippen LogP contribution < -0.4 is 19.6 Å². The van der Waals surface area contributed by atoms with Crippen LogP contribution in [0.4, 0.5) is 5.69 Å². The molecule has 41 heavy (non-hydrogen) atoms. The summed E-state index contributed by atoms with van der Waals surface area (Å²) >= 11 is 15.7. The molecule has 1 amide bonds. The quantitative estimate of drug-likeness (QED) is 0.101. The predicted octanol–water partition coefficient (Wildman–Crippen LogP) is 7.59. The van der Waals surface area contributed by atoms with E-state index in [4.69, 9.17) is 37.4 Å². The van der Waals surface area contributed by atoms with E-state index < -0.39 is 10.8 Å². The summed E-state index contributed by atoms with van der Waals surface area (Å²) in [6, 6.07) is 21.4. The molecule has 4 aromatic carbocycles. The molecule has 9 nitrogen and oxygen atoms in total. The average Bonchev–Trinajstić information content (AvgIpc) is 2.96. The number of hydrazone groups is 1. The predicted molar refractivity (Wildman–Crippen MR) is 160 cm³/mol. The SMILES string of the molecule is COc1cc(/C=N/NC(=O)c2ccccc2OCc2ccc(Cl)cc2Cl)cc(Br)c1OCc1ccc([N+](=O)[O-])cc1. The maximum atomic E-state index is 12.9. The minimum absolute atomic E-state index is 0.00195. The lowest BCUT2D eigenvalue weighted by molar-refractivity contribution is -0.384. The number of carbonyl (C=O) groups is 1. The van der Waals surface area contributed by atoms with Crippen molar-refractivity contribution in [3.05, 3.63) is 126 Å². The third kappa shape index (κ3) is 7.97. The first kappa shape index (κ1) is 29.9. The lowest BCUT2D eigenvalue weighted by Gasteiger charge is -2.13. The van der Waals surface area contributed by atoms with Crippen LogP contribution in [0.15, 0.2) is 88.4 Å². The zero-order chi connectivity index (χ0) is 29.4. The molecule has 0 unspecified atom stereocenters. The number of hydrogen-bond acceptors (Lipinski definition) is 7. The number of rotatable bonds is 11. The molecule has 210 valence electrons. The van der Waals surface area contributed by atoms with E-state index in [1.807, 2.05) is 0 Å². The summed E-state index contributed by atoms with van der Waals surface area (Å²) < 4.78 is 17.8. The molecule has 0 aliphatic heterocycles. The molecular formula is C29H22BrCl2N3O6. The zero-order valence-electron chi connectivity index (χ0n) is 21.5. The minimum atomic E-state index is -0.465. The number of carbonyl (C=O) groups excluding carboxylic acids is 1. The van der Waals surface area contributed by atoms with Crippen molar-refractivity contribution < 1.29 is 23.9 Å². The van der Waals surface area contributed by atoms with Gasteiger partial charge in [-0.1, -0.05) is 41.4 Å². The molecule has 0 fully saturated rings. The van der Waals surface area contributed by atoms with Gasteiger partial charge in [0, 0.05) is 27.7 Å². The fraction of sp³-hybridized carbons (Fsp3) is 0.103. The maximum absolute atomic E-state index is 12.9. The van der Waals surface area contributed by atoms with Gasteiger partial charge >= 0.3 is 0 Å². The summed E-state index contributed by atoms with van der Waals surface area (Å²) in [6.07, 6.45) is 1.46. The number of benzene rings is 4. The van der Waals surface area contributed by atoms with Crippen molar-refractivity contribution in [3.8, 4) is 17.2 Å². The highest BCUT2D eigenvalue weighted by molar-refractivity contribution is 9.10. The molecule has 0 spiro atoms. The number of halogens is 3. The Hall–Kier alpha value is -4.12. The van der Waals surface area contributed by atoms with Crippen molar-refractivity contribution in [2.24, 2.45) is 5.10 Å². The molecule has 0 aliphatic rings. The number of nitro benzene ring substituents is 1. The molecular weight excluding hydrogens is 637 g/mol. The van der Waals surface area contributed by atoms with Crippen LogP contribution in [0, 0.1) is 10.1 Å². The van der Waals surface area contributed by atoms with Crippen molar-refractivity contribution in [2.45, 2.75) is 13.2 Å². The number of non-ortho nitro benzene ring substituents is 1. The van der Waals surface area contributed by atoms with Crippen molar-refractivity contribution in [1.82, 2.24) is 5.43 Å². The molecule has 0 saturated heterocycles. The normalized spacial score (nSPS) is 10.8. The van der Waals surface area contributed by atoms with Crippen LogP contribution in [0.2, 0.25) is 10.0 Å². The molecule has 4 aromatic rings. The summed E-state index contributed by atoms with van der Waals surface area (Å²) in [5, 5.41) is 15.9. The third-order valence-electron chi connectivity index (χ3n) is 5.69. The topological polar surface area (TPSA) is 112 Å². The van der Waals surface area contributed by atoms with E-state index in [0.29, 0.717) is 42.9 Å². The van der Waals surface area contributed by atoms with Crippen molar-refractivity contribution >= 4 is 56.9 Å². The number of nitrogens with one attached hydrogen (secondary N) is 1. The van der Waals surface area contributed by atoms with Crippen LogP contribution >= 0.6 is 39.1 Å². The summed E-state index contributed by atoms with van der Waals surface area (Å²) in [4.78, 5) is 23.3. The molecule has 12 heteroatoms. The van der Waals surface area contributed by atoms with Gasteiger partial charge in [-0.05, 0) is 75.6 Å². The fourth-order valence-corrected chi connectivity index (χ4v) is 4.66.